The zero-order valence-electron chi connectivity index (χ0n) is 16.1. The molecule has 5 aromatic rings. The van der Waals surface area contributed by atoms with Gasteiger partial charge < -0.3 is 4.42 Å². The molecule has 0 unspecified atom stereocenters. The number of rotatable bonds is 6. The number of thioether (sulfide) groups is 1. The molecule has 0 aromatic carbocycles. The highest BCUT2D eigenvalue weighted by atomic mass is 32.2. The van der Waals surface area contributed by atoms with E-state index in [-0.39, 0.29) is 5.56 Å². The summed E-state index contributed by atoms with van der Waals surface area (Å²) in [6.45, 7) is 0.609. The molecule has 5 aromatic heterocycles. The molecule has 0 radical (unpaired) electrons. The van der Waals surface area contributed by atoms with Crippen molar-refractivity contribution in [1.82, 2.24) is 33.9 Å². The van der Waals surface area contributed by atoms with Crippen molar-refractivity contribution in [2.24, 2.45) is 7.05 Å². The zero-order valence-corrected chi connectivity index (χ0v) is 17.7. The van der Waals surface area contributed by atoms with Gasteiger partial charge in [-0.2, -0.15) is 0 Å². The molecular formula is C19H17N7O2S2. The van der Waals surface area contributed by atoms with Gasteiger partial charge in [-0.15, -0.1) is 31.7 Å². The molecule has 0 saturated heterocycles. The molecule has 0 amide bonds. The Hall–Kier alpha value is -2.92. The maximum absolute atomic E-state index is 12.5. The third kappa shape index (κ3) is 2.80. The summed E-state index contributed by atoms with van der Waals surface area (Å²) in [4.78, 5) is 12.5. The van der Waals surface area contributed by atoms with Crippen LogP contribution in [0.2, 0.25) is 0 Å². The van der Waals surface area contributed by atoms with Gasteiger partial charge in [0.05, 0.1) is 24.1 Å². The molecule has 30 heavy (non-hydrogen) atoms. The summed E-state index contributed by atoms with van der Waals surface area (Å²) in [5, 5.41) is 20.3. The Bertz CT molecular complexity index is 1420. The fraction of sp³-hybridized carbons (Fsp3) is 0.316. The van der Waals surface area contributed by atoms with Gasteiger partial charge in [0.25, 0.3) is 5.56 Å². The van der Waals surface area contributed by atoms with Crippen LogP contribution in [0.4, 0.5) is 0 Å². The maximum atomic E-state index is 12.5. The lowest BCUT2D eigenvalue weighted by Crippen LogP contribution is -2.19. The summed E-state index contributed by atoms with van der Waals surface area (Å²) in [6, 6.07) is 5.80. The molecule has 0 N–H and O–H groups in total. The Morgan fingerprint density at radius 3 is 2.93 bits per heavy atom. The van der Waals surface area contributed by atoms with Gasteiger partial charge in [-0.3, -0.25) is 18.3 Å². The number of fused-ring (bicyclic) bond motifs is 3. The van der Waals surface area contributed by atoms with Crippen LogP contribution in [-0.2, 0) is 19.3 Å². The number of thiophene rings is 1. The fourth-order valence-electron chi connectivity index (χ4n) is 3.63. The summed E-state index contributed by atoms with van der Waals surface area (Å²) >= 11 is 3.00. The number of aryl methyl sites for hydroxylation is 1. The predicted octanol–water partition coefficient (Wildman–Crippen LogP) is 3.05. The molecule has 1 aliphatic rings. The Balaban J connectivity index is 1.37. The lowest BCUT2D eigenvalue weighted by Gasteiger charge is -2.08. The number of aromatic nitrogens is 7. The van der Waals surface area contributed by atoms with Crippen LogP contribution in [-0.4, -0.2) is 33.9 Å². The Morgan fingerprint density at radius 1 is 1.23 bits per heavy atom. The normalized spacial score (nSPS) is 14.3. The average molecular weight is 440 g/mol. The number of nitrogens with zero attached hydrogens (tertiary/aromatic N) is 7. The van der Waals surface area contributed by atoms with Gasteiger partial charge in [0.1, 0.15) is 22.1 Å². The highest BCUT2D eigenvalue weighted by molar-refractivity contribution is 7.98. The first kappa shape index (κ1) is 17.9. The van der Waals surface area contributed by atoms with Crippen molar-refractivity contribution in [3.63, 3.8) is 0 Å². The third-order valence-electron chi connectivity index (χ3n) is 5.31. The number of hydrogen-bond donors (Lipinski definition) is 0. The second-order valence-electron chi connectivity index (χ2n) is 7.32. The zero-order chi connectivity index (χ0) is 20.2. The van der Waals surface area contributed by atoms with E-state index in [1.807, 2.05) is 28.0 Å². The highest BCUT2D eigenvalue weighted by Gasteiger charge is 2.31. The maximum Gasteiger partial charge on any atom is 0.272 e. The highest BCUT2D eigenvalue weighted by Crippen LogP contribution is 2.40. The van der Waals surface area contributed by atoms with Gasteiger partial charge in [-0.05, 0) is 36.4 Å². The molecule has 9 nitrogen and oxygen atoms in total. The van der Waals surface area contributed by atoms with E-state index in [9.17, 15) is 4.79 Å². The smallest absolute Gasteiger partial charge is 0.272 e. The quantitative estimate of drug-likeness (QED) is 0.375. The SMILES string of the molecule is Cn1c(=O)c2sccc2n2c(CSc3nnc(C4CC4)n3Cc3ccco3)nnc12. The standard InChI is InChI=1S/C19H17N7O2S2/c1-24-17(27)15-13(6-8-29-15)26-14(20-22-18(24)26)10-30-19-23-21-16(11-4-5-11)25(19)9-12-3-2-7-28-12/h2-3,6-8,11H,4-5,9-10H2,1H3. The first-order valence-corrected chi connectivity index (χ1v) is 11.5. The Labute approximate surface area is 178 Å². The van der Waals surface area contributed by atoms with Crippen LogP contribution < -0.4 is 5.56 Å². The van der Waals surface area contributed by atoms with E-state index >= 15 is 0 Å². The Morgan fingerprint density at radius 2 is 2.13 bits per heavy atom. The summed E-state index contributed by atoms with van der Waals surface area (Å²) in [7, 11) is 1.73. The molecule has 1 aliphatic carbocycles. The molecule has 1 fully saturated rings. The lowest BCUT2D eigenvalue weighted by molar-refractivity contribution is 0.478. The second-order valence-corrected chi connectivity index (χ2v) is 9.18. The minimum atomic E-state index is -0.0497. The fourth-order valence-corrected chi connectivity index (χ4v) is 5.34. The molecular weight excluding hydrogens is 422 g/mol. The van der Waals surface area contributed by atoms with E-state index in [4.69, 9.17) is 4.42 Å². The van der Waals surface area contributed by atoms with E-state index in [1.165, 1.54) is 11.3 Å². The number of furan rings is 1. The lowest BCUT2D eigenvalue weighted by atomic mass is 10.3. The average Bonchev–Trinajstić information content (AvgIpc) is 3.19. The van der Waals surface area contributed by atoms with Gasteiger partial charge in [-0.1, -0.05) is 11.8 Å². The third-order valence-corrected chi connectivity index (χ3v) is 7.16. The molecule has 152 valence electrons. The van der Waals surface area contributed by atoms with Crippen molar-refractivity contribution in [3.05, 3.63) is 57.6 Å². The van der Waals surface area contributed by atoms with E-state index in [0.29, 0.717) is 28.7 Å². The van der Waals surface area contributed by atoms with Crippen molar-refractivity contribution >= 4 is 39.1 Å². The second kappa shape index (κ2) is 6.81. The molecule has 6 rings (SSSR count). The predicted molar refractivity (Wildman–Crippen MR) is 113 cm³/mol. The monoisotopic (exact) mass is 439 g/mol. The van der Waals surface area contributed by atoms with Crippen LogP contribution in [0.3, 0.4) is 0 Å². The van der Waals surface area contributed by atoms with Crippen LogP contribution in [0, 0.1) is 0 Å². The molecule has 5 heterocycles. The first-order chi connectivity index (χ1) is 14.7. The van der Waals surface area contributed by atoms with Gasteiger partial charge in [0.2, 0.25) is 5.78 Å². The van der Waals surface area contributed by atoms with Crippen LogP contribution in [0.25, 0.3) is 16.0 Å². The van der Waals surface area contributed by atoms with Crippen molar-refractivity contribution in [2.75, 3.05) is 0 Å². The molecule has 11 heteroatoms. The van der Waals surface area contributed by atoms with Gasteiger partial charge in [-0.25, -0.2) is 0 Å². The Kier molecular flexibility index (Phi) is 4.06. The molecule has 0 bridgehead atoms. The van der Waals surface area contributed by atoms with Gasteiger partial charge in [0, 0.05) is 13.0 Å². The summed E-state index contributed by atoms with van der Waals surface area (Å²) in [5.74, 6) is 4.25. The molecule has 0 spiro atoms. The van der Waals surface area contributed by atoms with Gasteiger partial charge >= 0.3 is 0 Å². The van der Waals surface area contributed by atoms with Crippen LogP contribution in [0.5, 0.6) is 0 Å². The number of hydrogen-bond acceptors (Lipinski definition) is 8. The largest absolute Gasteiger partial charge is 0.467 e. The van der Waals surface area contributed by atoms with E-state index < -0.39 is 0 Å². The summed E-state index contributed by atoms with van der Waals surface area (Å²) in [6.07, 6.45) is 3.99. The van der Waals surface area contributed by atoms with E-state index in [1.54, 1.807) is 29.6 Å². The van der Waals surface area contributed by atoms with Crippen molar-refractivity contribution in [3.8, 4) is 0 Å². The van der Waals surface area contributed by atoms with Crippen molar-refractivity contribution in [2.45, 2.75) is 36.2 Å². The molecule has 0 atom stereocenters. The minimum absolute atomic E-state index is 0.0497. The molecule has 1 saturated carbocycles. The van der Waals surface area contributed by atoms with Crippen LogP contribution in [0.15, 0.2) is 44.2 Å². The van der Waals surface area contributed by atoms with Crippen LogP contribution >= 0.6 is 23.1 Å². The minimum Gasteiger partial charge on any atom is -0.467 e. The summed E-state index contributed by atoms with van der Waals surface area (Å²) in [5.41, 5.74) is 0.792. The molecule has 0 aliphatic heterocycles. The topological polar surface area (TPSA) is 96.0 Å². The van der Waals surface area contributed by atoms with Crippen molar-refractivity contribution < 1.29 is 4.42 Å². The van der Waals surface area contributed by atoms with E-state index in [0.717, 1.165) is 40.9 Å². The van der Waals surface area contributed by atoms with Crippen LogP contribution in [0.1, 0.15) is 36.2 Å². The first-order valence-electron chi connectivity index (χ1n) is 9.59. The van der Waals surface area contributed by atoms with Gasteiger partial charge in [0.15, 0.2) is 5.16 Å². The van der Waals surface area contributed by atoms with E-state index in [2.05, 4.69) is 25.0 Å². The van der Waals surface area contributed by atoms with Crippen molar-refractivity contribution in [1.29, 1.82) is 0 Å². The summed E-state index contributed by atoms with van der Waals surface area (Å²) < 4.78 is 11.9.